The van der Waals surface area contributed by atoms with Crippen LogP contribution in [0.2, 0.25) is 0 Å². The van der Waals surface area contributed by atoms with Crippen LogP contribution >= 0.6 is 15.2 Å². The number of nitrogens with one attached hydrogen (secondary N) is 1. The average molecular weight is 957 g/mol. The number of rotatable bonds is 34. The van der Waals surface area contributed by atoms with E-state index in [-0.39, 0.29) is 50.9 Å². The van der Waals surface area contributed by atoms with Crippen LogP contribution in [0.3, 0.4) is 0 Å². The van der Waals surface area contributed by atoms with Crippen molar-refractivity contribution in [2.24, 2.45) is 35.7 Å². The molecule has 0 fully saturated rings. The standard InChI is InChI=1S/C31H56N5O6P.C12H22N5O4P/c1-4-7-8-9-10-11-12-13-14-15-16-17-18-19-20-21-23-40-31(37)35-29-28-30(33-25-32-29)36(26-34-28)22-24-39-27-43(38,41-5-2)42-6-3;1-3-20-22(18,21-4-2)9-19-6-5-17-8-16-10-11(13)14-7-15-12(10)17/h13-14,25-26,28,30H,4-12,15-24,27H2,1-3H3,(H,32,33,35,37);7-8,10,12H,3-6,9H2,1-2H3,(H2,13,14,15)/b14-13-;. The molecule has 4 aliphatic heterocycles. The van der Waals surface area contributed by atoms with Crippen LogP contribution in [-0.2, 0) is 41.4 Å². The van der Waals surface area contributed by atoms with Crippen molar-refractivity contribution in [1.29, 1.82) is 0 Å². The number of unbranched alkanes of at least 4 members (excludes halogenated alkanes) is 12. The molecule has 0 aromatic carbocycles. The first kappa shape index (κ1) is 56.0. The third-order valence-electron chi connectivity index (χ3n) is 10.3. The Kier molecular flexibility index (Phi) is 28.6. The molecule has 4 aliphatic rings. The molecule has 0 saturated heterocycles. The lowest BCUT2D eigenvalue weighted by Gasteiger charge is -2.27. The highest BCUT2D eigenvalue weighted by molar-refractivity contribution is 7.53. The number of hydrogen-bond acceptors (Lipinski definition) is 19. The maximum atomic E-state index is 12.5. The van der Waals surface area contributed by atoms with Gasteiger partial charge in [-0.05, 0) is 59.8 Å². The van der Waals surface area contributed by atoms with Crippen molar-refractivity contribution in [2.75, 3.05) is 72.0 Å². The molecule has 65 heavy (non-hydrogen) atoms. The molecular formula is C43H78N10O10P2. The van der Waals surface area contributed by atoms with Gasteiger partial charge >= 0.3 is 21.3 Å². The highest BCUT2D eigenvalue weighted by atomic mass is 31.2. The van der Waals surface area contributed by atoms with E-state index in [9.17, 15) is 13.9 Å². The highest BCUT2D eigenvalue weighted by Crippen LogP contribution is 2.48. The SMILES string of the molecule is CCCCCCCC/C=C\CCCCCCCCOC(=O)NC1=NC=NC2C1N=CN2CCOCP(=O)(OCC)OCC.CCOP(=O)(COCCN1C=NC2C(N)=NC=NC21)OCC. The molecule has 0 saturated carbocycles. The van der Waals surface area contributed by atoms with Crippen molar-refractivity contribution in [2.45, 2.75) is 149 Å². The lowest BCUT2D eigenvalue weighted by atomic mass is 10.1. The summed E-state index contributed by atoms with van der Waals surface area (Å²) in [5, 5.41) is 2.73. The van der Waals surface area contributed by atoms with Crippen LogP contribution in [0.1, 0.15) is 125 Å². The van der Waals surface area contributed by atoms with Crippen molar-refractivity contribution in [3.05, 3.63) is 12.2 Å². The largest absolute Gasteiger partial charge is 0.449 e. The minimum absolute atomic E-state index is 0.0688. The monoisotopic (exact) mass is 957 g/mol. The number of carbonyl (C=O) groups is 1. The minimum atomic E-state index is -3.25. The Morgan fingerprint density at radius 3 is 1.62 bits per heavy atom. The molecule has 0 aromatic heterocycles. The second-order valence-corrected chi connectivity index (χ2v) is 19.5. The van der Waals surface area contributed by atoms with E-state index >= 15 is 0 Å². The molecule has 0 aromatic rings. The number of nitrogens with zero attached hydrogens (tertiary/aromatic N) is 8. The van der Waals surface area contributed by atoms with E-state index in [0.717, 1.165) is 19.3 Å². The molecule has 20 nitrogen and oxygen atoms in total. The first-order valence-corrected chi connectivity index (χ1v) is 27.1. The van der Waals surface area contributed by atoms with Crippen LogP contribution in [0.5, 0.6) is 0 Å². The third-order valence-corrected chi connectivity index (χ3v) is 13.9. The Hall–Kier alpha value is -3.35. The van der Waals surface area contributed by atoms with Crippen LogP contribution in [0.4, 0.5) is 4.79 Å². The first-order chi connectivity index (χ1) is 31.6. The van der Waals surface area contributed by atoms with Crippen LogP contribution in [0.25, 0.3) is 0 Å². The van der Waals surface area contributed by atoms with Gasteiger partial charge in [0.25, 0.3) is 0 Å². The lowest BCUT2D eigenvalue weighted by molar-refractivity contribution is 0.119. The zero-order chi connectivity index (χ0) is 47.0. The van der Waals surface area contributed by atoms with E-state index in [4.69, 9.17) is 38.0 Å². The van der Waals surface area contributed by atoms with Gasteiger partial charge in [-0.1, -0.05) is 76.9 Å². The van der Waals surface area contributed by atoms with Gasteiger partial charge in [-0.2, -0.15) is 0 Å². The zero-order valence-electron chi connectivity index (χ0n) is 39.6. The smallest absolute Gasteiger partial charge is 0.412 e. The summed E-state index contributed by atoms with van der Waals surface area (Å²) in [6, 6.07) is -0.663. The molecule has 4 heterocycles. The van der Waals surface area contributed by atoms with E-state index in [1.165, 1.54) is 83.3 Å². The van der Waals surface area contributed by atoms with Gasteiger partial charge in [0.15, 0.2) is 18.4 Å². The Morgan fingerprint density at radius 2 is 1.09 bits per heavy atom. The first-order valence-electron chi connectivity index (χ1n) is 23.6. The van der Waals surface area contributed by atoms with Crippen LogP contribution in [0, 0.1) is 0 Å². The van der Waals surface area contributed by atoms with Crippen molar-refractivity contribution in [1.82, 2.24) is 15.1 Å². The number of amides is 1. The molecule has 4 atom stereocenters. The van der Waals surface area contributed by atoms with Gasteiger partial charge in [0, 0.05) is 13.1 Å². The van der Waals surface area contributed by atoms with Gasteiger partial charge in [-0.3, -0.25) is 24.4 Å². The summed E-state index contributed by atoms with van der Waals surface area (Å²) in [6.45, 7) is 12.5. The fourth-order valence-corrected chi connectivity index (χ4v) is 9.80. The summed E-state index contributed by atoms with van der Waals surface area (Å²) in [6.07, 6.45) is 27.0. The average Bonchev–Trinajstić information content (AvgIpc) is 3.91. The quantitative estimate of drug-likeness (QED) is 0.0353. The van der Waals surface area contributed by atoms with Crippen LogP contribution < -0.4 is 11.1 Å². The molecule has 0 bridgehead atoms. The van der Waals surface area contributed by atoms with Gasteiger partial charge in [0.1, 0.15) is 43.1 Å². The zero-order valence-corrected chi connectivity index (χ0v) is 41.4. The molecule has 0 spiro atoms. The number of ether oxygens (including phenoxy) is 3. The summed E-state index contributed by atoms with van der Waals surface area (Å²) in [4.78, 5) is 41.7. The van der Waals surface area contributed by atoms with E-state index in [2.05, 4.69) is 54.3 Å². The van der Waals surface area contributed by atoms with E-state index in [0.29, 0.717) is 51.2 Å². The Balaban J connectivity index is 0.000000425. The third kappa shape index (κ3) is 21.9. The normalized spacial score (nSPS) is 19.9. The Bertz CT molecular complexity index is 1650. The number of allylic oxidation sites excluding steroid dienone is 2. The Labute approximate surface area is 387 Å². The summed E-state index contributed by atoms with van der Waals surface area (Å²) >= 11 is 0. The highest BCUT2D eigenvalue weighted by Gasteiger charge is 2.37. The topological polar surface area (TPSA) is 235 Å². The van der Waals surface area contributed by atoms with Gasteiger partial charge < -0.3 is 47.8 Å². The molecule has 22 heteroatoms. The molecule has 0 aliphatic carbocycles. The molecule has 370 valence electrons. The number of fused-ring (bicyclic) bond motifs is 2. The molecule has 3 N–H and O–H groups in total. The Morgan fingerprint density at radius 1 is 0.631 bits per heavy atom. The molecular weight excluding hydrogens is 878 g/mol. The molecule has 4 unspecified atom stereocenters. The van der Waals surface area contributed by atoms with Gasteiger partial charge in [0.05, 0.1) is 58.9 Å². The van der Waals surface area contributed by atoms with E-state index in [1.54, 1.807) is 40.4 Å². The summed E-state index contributed by atoms with van der Waals surface area (Å²) in [5.41, 5.74) is 5.78. The van der Waals surface area contributed by atoms with Crippen LogP contribution in [-0.4, -0.2) is 149 Å². The second kappa shape index (κ2) is 33.2. The van der Waals surface area contributed by atoms with Gasteiger partial charge in [-0.25, -0.2) is 24.8 Å². The van der Waals surface area contributed by atoms with E-state index < -0.39 is 27.3 Å². The van der Waals surface area contributed by atoms with Crippen LogP contribution in [0.15, 0.2) is 42.1 Å². The number of hydrogen-bond donors (Lipinski definition) is 2. The summed E-state index contributed by atoms with van der Waals surface area (Å²) in [7, 11) is -6.41. The molecule has 1 amide bonds. The maximum Gasteiger partial charge on any atom is 0.412 e. The minimum Gasteiger partial charge on any atom is -0.449 e. The fraction of sp³-hybridized carbons (Fsp3) is 0.791. The summed E-state index contributed by atoms with van der Waals surface area (Å²) < 4.78 is 61.9. The molecule has 4 rings (SSSR count). The number of carbonyl (C=O) groups excluding carboxylic acids is 1. The number of nitrogens with two attached hydrogens (primary N) is 1. The van der Waals surface area contributed by atoms with Gasteiger partial charge in [-0.15, -0.1) is 0 Å². The maximum absolute atomic E-state index is 12.5. The number of alkyl carbamates (subject to hydrolysis) is 1. The van der Waals surface area contributed by atoms with Crippen molar-refractivity contribution < 1.29 is 46.2 Å². The number of aliphatic imine (C=N–C) groups is 6. The number of amidine groups is 2. The van der Waals surface area contributed by atoms with Crippen molar-refractivity contribution in [3.63, 3.8) is 0 Å². The van der Waals surface area contributed by atoms with Crippen molar-refractivity contribution >= 4 is 58.3 Å². The van der Waals surface area contributed by atoms with Crippen molar-refractivity contribution in [3.8, 4) is 0 Å². The summed E-state index contributed by atoms with van der Waals surface area (Å²) in [5.74, 6) is 0.861. The van der Waals surface area contributed by atoms with Gasteiger partial charge in [0.2, 0.25) is 0 Å². The van der Waals surface area contributed by atoms with E-state index in [1.807, 2.05) is 9.80 Å². The molecule has 0 radical (unpaired) electrons. The fourth-order valence-electron chi connectivity index (χ4n) is 7.07. The predicted octanol–water partition coefficient (Wildman–Crippen LogP) is 8.13. The second-order valence-electron chi connectivity index (χ2n) is 15.5. The lowest BCUT2D eigenvalue weighted by Crippen LogP contribution is -2.48. The predicted molar refractivity (Wildman–Crippen MR) is 259 cm³/mol.